The molecule has 0 aliphatic carbocycles. The monoisotopic (exact) mass is 174 g/mol. The van der Waals surface area contributed by atoms with E-state index in [2.05, 4.69) is 9.97 Å². The number of aliphatic carboxylic acids is 1. The number of aromatic nitrogens is 2. The molecule has 1 heterocycles. The molecule has 5 heteroatoms. The van der Waals surface area contributed by atoms with Gasteiger partial charge in [0, 0.05) is 12.6 Å². The third kappa shape index (κ3) is 2.23. The van der Waals surface area contributed by atoms with Gasteiger partial charge in [-0.05, 0) is 0 Å². The first-order chi connectivity index (χ1) is 5.20. The fraction of sp³-hybridized carbons (Fsp3) is 0.333. The van der Waals surface area contributed by atoms with Crippen molar-refractivity contribution in [2.75, 3.05) is 0 Å². The number of alkyl halides is 1. The van der Waals surface area contributed by atoms with Gasteiger partial charge in [-0.1, -0.05) is 0 Å². The minimum absolute atomic E-state index is 0.250. The minimum atomic E-state index is -1.02. The van der Waals surface area contributed by atoms with E-state index in [4.69, 9.17) is 16.7 Å². The lowest BCUT2D eigenvalue weighted by Gasteiger charge is -1.98. The Kier molecular flexibility index (Phi) is 2.48. The van der Waals surface area contributed by atoms with Crippen LogP contribution in [0.2, 0.25) is 0 Å². The van der Waals surface area contributed by atoms with Gasteiger partial charge in [-0.15, -0.1) is 11.6 Å². The SMILES string of the molecule is O=C(O)C(Cl)Cc1c[nH]cn1. The highest BCUT2D eigenvalue weighted by Gasteiger charge is 2.14. The maximum atomic E-state index is 10.3. The average molecular weight is 175 g/mol. The number of H-pyrrole nitrogens is 1. The van der Waals surface area contributed by atoms with Gasteiger partial charge in [0.05, 0.1) is 12.0 Å². The Morgan fingerprint density at radius 2 is 2.64 bits per heavy atom. The molecular weight excluding hydrogens is 168 g/mol. The molecule has 1 unspecified atom stereocenters. The molecule has 0 amide bonds. The second-order valence-electron chi connectivity index (χ2n) is 2.07. The summed E-state index contributed by atoms with van der Waals surface area (Å²) < 4.78 is 0. The summed E-state index contributed by atoms with van der Waals surface area (Å²) in [7, 11) is 0. The lowest BCUT2D eigenvalue weighted by atomic mass is 10.2. The van der Waals surface area contributed by atoms with Crippen LogP contribution in [-0.4, -0.2) is 26.4 Å². The molecule has 2 N–H and O–H groups in total. The lowest BCUT2D eigenvalue weighted by Crippen LogP contribution is -2.15. The van der Waals surface area contributed by atoms with Gasteiger partial charge in [-0.2, -0.15) is 0 Å². The maximum absolute atomic E-state index is 10.3. The largest absolute Gasteiger partial charge is 0.480 e. The van der Waals surface area contributed by atoms with Crippen molar-refractivity contribution in [3.8, 4) is 0 Å². The molecule has 0 fully saturated rings. The van der Waals surface area contributed by atoms with E-state index in [1.165, 1.54) is 6.33 Å². The van der Waals surface area contributed by atoms with Crippen molar-refractivity contribution in [1.82, 2.24) is 9.97 Å². The van der Waals surface area contributed by atoms with Crippen LogP contribution < -0.4 is 0 Å². The van der Waals surface area contributed by atoms with Crippen LogP contribution in [0.25, 0.3) is 0 Å². The number of rotatable bonds is 3. The summed E-state index contributed by atoms with van der Waals surface area (Å²) in [5.41, 5.74) is 0.660. The van der Waals surface area contributed by atoms with Crippen molar-refractivity contribution in [2.24, 2.45) is 0 Å². The van der Waals surface area contributed by atoms with Gasteiger partial charge < -0.3 is 10.1 Å². The van der Waals surface area contributed by atoms with Gasteiger partial charge >= 0.3 is 5.97 Å². The van der Waals surface area contributed by atoms with Crippen LogP contribution in [0.5, 0.6) is 0 Å². The lowest BCUT2D eigenvalue weighted by molar-refractivity contribution is -0.136. The average Bonchev–Trinajstić information content (AvgIpc) is 2.39. The number of carboxylic acid groups (broad SMARTS) is 1. The van der Waals surface area contributed by atoms with E-state index in [0.717, 1.165) is 0 Å². The molecule has 1 rings (SSSR count). The number of nitrogens with one attached hydrogen (secondary N) is 1. The van der Waals surface area contributed by atoms with Gasteiger partial charge in [0.15, 0.2) is 0 Å². The van der Waals surface area contributed by atoms with Crippen molar-refractivity contribution in [1.29, 1.82) is 0 Å². The molecule has 0 bridgehead atoms. The van der Waals surface area contributed by atoms with Gasteiger partial charge in [0.1, 0.15) is 5.38 Å². The van der Waals surface area contributed by atoms with E-state index in [0.29, 0.717) is 5.69 Å². The molecule has 0 aliphatic heterocycles. The molecule has 0 aliphatic rings. The topological polar surface area (TPSA) is 66.0 Å². The highest BCUT2D eigenvalue weighted by molar-refractivity contribution is 6.29. The summed E-state index contributed by atoms with van der Waals surface area (Å²) in [5, 5.41) is 7.52. The molecule has 0 aromatic carbocycles. The van der Waals surface area contributed by atoms with Crippen LogP contribution in [0.4, 0.5) is 0 Å². The van der Waals surface area contributed by atoms with E-state index in [-0.39, 0.29) is 6.42 Å². The second-order valence-corrected chi connectivity index (χ2v) is 2.60. The smallest absolute Gasteiger partial charge is 0.322 e. The zero-order chi connectivity index (χ0) is 8.27. The molecular formula is C6H7ClN2O2. The maximum Gasteiger partial charge on any atom is 0.322 e. The molecule has 1 aromatic rings. The molecule has 0 saturated carbocycles. The van der Waals surface area contributed by atoms with Crippen LogP contribution in [0, 0.1) is 0 Å². The zero-order valence-electron chi connectivity index (χ0n) is 5.62. The summed E-state index contributed by atoms with van der Waals surface area (Å²) in [4.78, 5) is 16.8. The third-order valence-electron chi connectivity index (χ3n) is 1.21. The Hall–Kier alpha value is -1.03. The molecule has 4 nitrogen and oxygen atoms in total. The van der Waals surface area contributed by atoms with E-state index in [1.54, 1.807) is 6.20 Å². The Labute approximate surface area is 68.2 Å². The van der Waals surface area contributed by atoms with Crippen molar-refractivity contribution in [3.63, 3.8) is 0 Å². The number of nitrogens with zero attached hydrogens (tertiary/aromatic N) is 1. The van der Waals surface area contributed by atoms with Crippen LogP contribution in [0.15, 0.2) is 12.5 Å². The van der Waals surface area contributed by atoms with Crippen LogP contribution in [-0.2, 0) is 11.2 Å². The van der Waals surface area contributed by atoms with Crippen LogP contribution in [0.1, 0.15) is 5.69 Å². The number of halogens is 1. The molecule has 1 aromatic heterocycles. The summed E-state index contributed by atoms with van der Waals surface area (Å²) >= 11 is 5.45. The summed E-state index contributed by atoms with van der Waals surface area (Å²) in [6.45, 7) is 0. The van der Waals surface area contributed by atoms with Crippen molar-refractivity contribution in [2.45, 2.75) is 11.8 Å². The minimum Gasteiger partial charge on any atom is -0.480 e. The van der Waals surface area contributed by atoms with Gasteiger partial charge in [-0.3, -0.25) is 4.79 Å². The highest BCUT2D eigenvalue weighted by atomic mass is 35.5. The Morgan fingerprint density at radius 3 is 3.09 bits per heavy atom. The van der Waals surface area contributed by atoms with Crippen molar-refractivity contribution in [3.05, 3.63) is 18.2 Å². The molecule has 60 valence electrons. The van der Waals surface area contributed by atoms with E-state index < -0.39 is 11.3 Å². The summed E-state index contributed by atoms with van der Waals surface area (Å²) in [6, 6.07) is 0. The molecule has 1 atom stereocenters. The number of hydrogen-bond acceptors (Lipinski definition) is 2. The predicted molar refractivity (Wildman–Crippen MR) is 39.6 cm³/mol. The number of aromatic amines is 1. The van der Waals surface area contributed by atoms with Gasteiger partial charge in [0.25, 0.3) is 0 Å². The number of carboxylic acids is 1. The Balaban J connectivity index is 2.50. The summed E-state index contributed by atoms with van der Waals surface area (Å²) in [5.74, 6) is -1.02. The Bertz CT molecular complexity index is 235. The molecule has 11 heavy (non-hydrogen) atoms. The van der Waals surface area contributed by atoms with E-state index in [9.17, 15) is 4.79 Å². The second kappa shape index (κ2) is 3.39. The van der Waals surface area contributed by atoms with Crippen LogP contribution in [0.3, 0.4) is 0 Å². The third-order valence-corrected chi connectivity index (χ3v) is 1.55. The van der Waals surface area contributed by atoms with Crippen LogP contribution >= 0.6 is 11.6 Å². The van der Waals surface area contributed by atoms with E-state index >= 15 is 0 Å². The van der Waals surface area contributed by atoms with Crippen molar-refractivity contribution >= 4 is 17.6 Å². The first kappa shape index (κ1) is 8.07. The quantitative estimate of drug-likeness (QED) is 0.661. The first-order valence-electron chi connectivity index (χ1n) is 3.04. The number of hydrogen-bond donors (Lipinski definition) is 2. The van der Waals surface area contributed by atoms with Gasteiger partial charge in [0.2, 0.25) is 0 Å². The van der Waals surface area contributed by atoms with Gasteiger partial charge in [-0.25, -0.2) is 4.98 Å². The van der Waals surface area contributed by atoms with Crippen molar-refractivity contribution < 1.29 is 9.90 Å². The zero-order valence-corrected chi connectivity index (χ0v) is 6.38. The molecule has 0 saturated heterocycles. The molecule has 0 spiro atoms. The predicted octanol–water partition coefficient (Wildman–Crippen LogP) is 0.644. The van der Waals surface area contributed by atoms with E-state index in [1.807, 2.05) is 0 Å². The normalized spacial score (nSPS) is 12.8. The Morgan fingerprint density at radius 1 is 1.91 bits per heavy atom. The first-order valence-corrected chi connectivity index (χ1v) is 3.48. The highest BCUT2D eigenvalue weighted by Crippen LogP contribution is 2.04. The summed E-state index contributed by atoms with van der Waals surface area (Å²) in [6.07, 6.45) is 3.36. The fourth-order valence-electron chi connectivity index (χ4n) is 0.673. The number of imidazole rings is 1. The fourth-order valence-corrected chi connectivity index (χ4v) is 0.832. The number of carbonyl (C=O) groups is 1. The standard InChI is InChI=1S/C6H7ClN2O2/c7-5(6(10)11)1-4-2-8-3-9-4/h2-3,5H,1H2,(H,8,9)(H,10,11). The molecule has 0 radical (unpaired) electrons.